The fourth-order valence-corrected chi connectivity index (χ4v) is 2.29. The number of para-hydroxylation sites is 1. The van der Waals surface area contributed by atoms with Gasteiger partial charge in [-0.3, -0.25) is 0 Å². The fraction of sp³-hybridized carbons (Fsp3) is 0.0556. The van der Waals surface area contributed by atoms with E-state index in [9.17, 15) is 4.39 Å². The Bertz CT molecular complexity index is 773. The maximum atomic E-state index is 12.9. The molecule has 3 rings (SSSR count). The Morgan fingerprint density at radius 2 is 1.65 bits per heavy atom. The van der Waals surface area contributed by atoms with E-state index in [1.54, 1.807) is 12.1 Å². The number of halogens is 1. The van der Waals surface area contributed by atoms with Crippen LogP contribution in [0.1, 0.15) is 11.1 Å². The van der Waals surface area contributed by atoms with E-state index in [2.05, 4.69) is 28.8 Å². The quantitative estimate of drug-likeness (QED) is 0.616. The lowest BCUT2D eigenvalue weighted by Gasteiger charge is -2.00. The molecule has 0 aliphatic heterocycles. The van der Waals surface area contributed by atoms with E-state index in [0.717, 1.165) is 11.1 Å². The van der Waals surface area contributed by atoms with Crippen LogP contribution in [0.15, 0.2) is 60.8 Å². The summed E-state index contributed by atoms with van der Waals surface area (Å²) in [5.74, 6) is -0.209. The maximum Gasteiger partial charge on any atom is 0.212 e. The van der Waals surface area contributed by atoms with Crippen LogP contribution in [-0.4, -0.2) is 0 Å². The van der Waals surface area contributed by atoms with E-state index in [1.165, 1.54) is 23.0 Å². The summed E-state index contributed by atoms with van der Waals surface area (Å²) in [5, 5.41) is 1.20. The van der Waals surface area contributed by atoms with Crippen molar-refractivity contribution in [1.82, 2.24) is 0 Å². The molecule has 0 saturated heterocycles. The van der Waals surface area contributed by atoms with E-state index in [4.69, 9.17) is 0 Å². The molecule has 0 unspecified atom stereocenters. The van der Waals surface area contributed by atoms with Crippen molar-refractivity contribution in [2.75, 3.05) is 0 Å². The van der Waals surface area contributed by atoms with Gasteiger partial charge in [0, 0.05) is 12.1 Å². The van der Waals surface area contributed by atoms with Crippen molar-refractivity contribution < 1.29 is 8.96 Å². The van der Waals surface area contributed by atoms with Crippen LogP contribution < -0.4 is 4.57 Å². The predicted molar refractivity (Wildman–Crippen MR) is 80.5 cm³/mol. The summed E-state index contributed by atoms with van der Waals surface area (Å²) in [6.45, 7) is 0. The highest BCUT2D eigenvalue weighted by molar-refractivity contribution is 5.88. The summed E-state index contributed by atoms with van der Waals surface area (Å²) >= 11 is 0. The van der Waals surface area contributed by atoms with Gasteiger partial charge in [0.05, 0.1) is 5.39 Å². The highest BCUT2D eigenvalue weighted by Gasteiger charge is 2.06. The molecule has 3 aromatic rings. The topological polar surface area (TPSA) is 3.88 Å². The second-order valence-electron chi connectivity index (χ2n) is 4.78. The molecule has 98 valence electrons. The van der Waals surface area contributed by atoms with Gasteiger partial charge in [-0.15, -0.1) is 0 Å². The summed E-state index contributed by atoms with van der Waals surface area (Å²) in [6, 6.07) is 16.9. The Kier molecular flexibility index (Phi) is 3.30. The molecule has 0 saturated carbocycles. The molecule has 0 atom stereocenters. The van der Waals surface area contributed by atoms with Gasteiger partial charge in [-0.25, -0.2) is 8.96 Å². The summed E-state index contributed by atoms with van der Waals surface area (Å²) < 4.78 is 15.0. The molecule has 0 spiro atoms. The number of nitrogens with zero attached hydrogens (tertiary/aromatic N) is 1. The number of aromatic nitrogens is 1. The van der Waals surface area contributed by atoms with Crippen LogP contribution in [-0.2, 0) is 7.05 Å². The second-order valence-corrected chi connectivity index (χ2v) is 4.78. The van der Waals surface area contributed by atoms with Gasteiger partial charge in [-0.2, -0.15) is 0 Å². The first-order chi connectivity index (χ1) is 9.74. The number of pyridine rings is 1. The first kappa shape index (κ1) is 12.5. The molecule has 2 aromatic carbocycles. The van der Waals surface area contributed by atoms with Crippen LogP contribution in [0.25, 0.3) is 23.1 Å². The van der Waals surface area contributed by atoms with Gasteiger partial charge in [-0.05, 0) is 29.3 Å². The minimum atomic E-state index is -0.209. The fourth-order valence-electron chi connectivity index (χ4n) is 2.29. The average Bonchev–Trinajstić information content (AvgIpc) is 2.49. The van der Waals surface area contributed by atoms with Crippen LogP contribution in [0.4, 0.5) is 4.39 Å². The molecule has 0 bridgehead atoms. The van der Waals surface area contributed by atoms with Crippen LogP contribution in [0.5, 0.6) is 0 Å². The molecule has 0 radical (unpaired) electrons. The Morgan fingerprint density at radius 1 is 0.900 bits per heavy atom. The average molecular weight is 264 g/mol. The third-order valence-electron chi connectivity index (χ3n) is 3.40. The second kappa shape index (κ2) is 5.25. The van der Waals surface area contributed by atoms with Gasteiger partial charge < -0.3 is 0 Å². The number of benzene rings is 2. The van der Waals surface area contributed by atoms with Gasteiger partial charge in [-0.1, -0.05) is 36.4 Å². The third-order valence-corrected chi connectivity index (χ3v) is 3.40. The van der Waals surface area contributed by atoms with Crippen molar-refractivity contribution in [2.24, 2.45) is 7.05 Å². The Labute approximate surface area is 117 Å². The molecule has 0 N–H and O–H groups in total. The molecule has 2 heteroatoms. The molecule has 0 aliphatic rings. The third kappa shape index (κ3) is 2.45. The first-order valence-corrected chi connectivity index (χ1v) is 6.55. The van der Waals surface area contributed by atoms with E-state index in [0.29, 0.717) is 0 Å². The van der Waals surface area contributed by atoms with E-state index in [-0.39, 0.29) is 5.82 Å². The zero-order chi connectivity index (χ0) is 13.9. The smallest absolute Gasteiger partial charge is 0.207 e. The molecular weight excluding hydrogens is 249 g/mol. The summed E-state index contributed by atoms with van der Waals surface area (Å²) in [7, 11) is 2.04. The number of hydrogen-bond donors (Lipinski definition) is 0. The SMILES string of the molecule is C[n+]1ccc(C=Cc2ccc(F)cc2)c2ccccc21. The molecule has 1 heterocycles. The molecule has 1 aromatic heterocycles. The number of aryl methyl sites for hydroxylation is 1. The lowest BCUT2D eigenvalue weighted by molar-refractivity contribution is -0.644. The van der Waals surface area contributed by atoms with Crippen molar-refractivity contribution in [2.45, 2.75) is 0 Å². The first-order valence-electron chi connectivity index (χ1n) is 6.55. The Balaban J connectivity index is 2.03. The highest BCUT2D eigenvalue weighted by atomic mass is 19.1. The van der Waals surface area contributed by atoms with Gasteiger partial charge in [0.25, 0.3) is 0 Å². The zero-order valence-corrected chi connectivity index (χ0v) is 11.3. The van der Waals surface area contributed by atoms with Crippen LogP contribution in [0, 0.1) is 5.82 Å². The minimum absolute atomic E-state index is 0.209. The highest BCUT2D eigenvalue weighted by Crippen LogP contribution is 2.17. The van der Waals surface area contributed by atoms with Gasteiger partial charge >= 0.3 is 0 Å². The standard InChI is InChI=1S/C18H15FN/c1-20-13-12-15(17-4-2-3-5-18(17)20)9-6-14-7-10-16(19)11-8-14/h2-13H,1H3/q+1. The van der Waals surface area contributed by atoms with Gasteiger partial charge in [0.1, 0.15) is 12.9 Å². The van der Waals surface area contributed by atoms with Crippen molar-refractivity contribution >= 4 is 23.1 Å². The minimum Gasteiger partial charge on any atom is -0.207 e. The lowest BCUT2D eigenvalue weighted by atomic mass is 10.1. The maximum absolute atomic E-state index is 12.9. The molecule has 1 nitrogen and oxygen atoms in total. The van der Waals surface area contributed by atoms with Crippen LogP contribution >= 0.6 is 0 Å². The van der Waals surface area contributed by atoms with Crippen molar-refractivity contribution in [1.29, 1.82) is 0 Å². The summed E-state index contributed by atoms with van der Waals surface area (Å²) in [6.07, 6.45) is 6.11. The monoisotopic (exact) mass is 264 g/mol. The van der Waals surface area contributed by atoms with Crippen LogP contribution in [0.3, 0.4) is 0 Å². The molecule has 0 aliphatic carbocycles. The van der Waals surface area contributed by atoms with Crippen LogP contribution in [0.2, 0.25) is 0 Å². The normalized spacial score (nSPS) is 11.3. The molecule has 20 heavy (non-hydrogen) atoms. The van der Waals surface area contributed by atoms with Crippen molar-refractivity contribution in [3.05, 3.63) is 77.7 Å². The van der Waals surface area contributed by atoms with Crippen molar-refractivity contribution in [3.63, 3.8) is 0 Å². The van der Waals surface area contributed by atoms with Gasteiger partial charge in [0.2, 0.25) is 5.52 Å². The summed E-state index contributed by atoms with van der Waals surface area (Å²) in [4.78, 5) is 0. The predicted octanol–water partition coefficient (Wildman–Crippen LogP) is 3.97. The summed E-state index contributed by atoms with van der Waals surface area (Å²) in [5.41, 5.74) is 3.33. The van der Waals surface area contributed by atoms with Gasteiger partial charge in [0.15, 0.2) is 6.20 Å². The van der Waals surface area contributed by atoms with Crippen molar-refractivity contribution in [3.8, 4) is 0 Å². The number of fused-ring (bicyclic) bond motifs is 1. The molecule has 0 fully saturated rings. The number of hydrogen-bond acceptors (Lipinski definition) is 0. The Hall–Kier alpha value is -2.48. The largest absolute Gasteiger partial charge is 0.212 e. The number of rotatable bonds is 2. The molecule has 0 amide bonds. The molecular formula is C18H15FN+. The van der Waals surface area contributed by atoms with E-state index >= 15 is 0 Å². The Morgan fingerprint density at radius 3 is 2.45 bits per heavy atom. The van der Waals surface area contributed by atoms with E-state index in [1.807, 2.05) is 31.5 Å². The lowest BCUT2D eigenvalue weighted by Crippen LogP contribution is -2.28. The van der Waals surface area contributed by atoms with E-state index < -0.39 is 0 Å². The zero-order valence-electron chi connectivity index (χ0n) is 11.3.